The number of benzene rings is 4. The van der Waals surface area contributed by atoms with E-state index in [-0.39, 0.29) is 6.85 Å². The standard InChI is InChI=1S/C44H28BN5/c1-3-11-37-33(9-1)35-25-29(31-15-19-41(48-27-31)39-13-5-7-23-46-39)17-21-43(35)50-44-22-18-30(26-36(44)34-10-2-4-12-38(34)45(37)50)32-16-20-42(49-28-32)40-14-6-8-24-47-40/h1-28H. The Bertz CT molecular complexity index is 2360. The molecule has 0 spiro atoms. The van der Waals surface area contributed by atoms with Crippen molar-refractivity contribution in [3.8, 4) is 67.3 Å². The third-order valence-electron chi connectivity index (χ3n) is 9.91. The van der Waals surface area contributed by atoms with Crippen molar-refractivity contribution in [3.63, 3.8) is 0 Å². The maximum Gasteiger partial charge on any atom is 0.329 e. The molecule has 0 atom stereocenters. The van der Waals surface area contributed by atoms with Crippen molar-refractivity contribution >= 4 is 29.1 Å². The second-order valence-electron chi connectivity index (χ2n) is 12.7. The Morgan fingerprint density at radius 3 is 1.24 bits per heavy atom. The molecule has 0 saturated heterocycles. The third kappa shape index (κ3) is 4.57. The minimum atomic E-state index is 0.0535. The average Bonchev–Trinajstić information content (AvgIpc) is 3.21. The zero-order chi connectivity index (χ0) is 33.0. The molecule has 0 fully saturated rings. The van der Waals surface area contributed by atoms with E-state index >= 15 is 0 Å². The summed E-state index contributed by atoms with van der Waals surface area (Å²) < 4.78 is 0. The van der Waals surface area contributed by atoms with Crippen molar-refractivity contribution in [1.82, 2.24) is 19.9 Å². The number of rotatable bonds is 4. The number of nitrogens with zero attached hydrogens (tertiary/aromatic N) is 5. The van der Waals surface area contributed by atoms with Crippen molar-refractivity contribution in [2.75, 3.05) is 4.81 Å². The minimum Gasteiger partial charge on any atom is -0.376 e. The molecular weight excluding hydrogens is 609 g/mol. The first-order valence-corrected chi connectivity index (χ1v) is 16.8. The molecule has 2 aliphatic heterocycles. The van der Waals surface area contributed by atoms with Gasteiger partial charge in [0.05, 0.1) is 22.8 Å². The van der Waals surface area contributed by atoms with Crippen molar-refractivity contribution < 1.29 is 0 Å². The maximum atomic E-state index is 4.77. The Hall–Kier alpha value is -6.66. The normalized spacial score (nSPS) is 12.3. The van der Waals surface area contributed by atoms with Crippen LogP contribution in [-0.2, 0) is 0 Å². The zero-order valence-electron chi connectivity index (χ0n) is 27.0. The van der Waals surface area contributed by atoms with Gasteiger partial charge in [-0.1, -0.05) is 84.9 Å². The molecule has 6 heterocycles. The molecule has 5 nitrogen and oxygen atoms in total. The van der Waals surface area contributed by atoms with Crippen LogP contribution < -0.4 is 15.7 Å². The number of anilines is 2. The van der Waals surface area contributed by atoms with Crippen LogP contribution in [0.4, 0.5) is 11.4 Å². The first-order valence-electron chi connectivity index (χ1n) is 16.8. The summed E-state index contributed by atoms with van der Waals surface area (Å²) >= 11 is 0. The van der Waals surface area contributed by atoms with Crippen LogP contribution >= 0.6 is 0 Å². The van der Waals surface area contributed by atoms with Crippen LogP contribution in [-0.4, -0.2) is 26.8 Å². The van der Waals surface area contributed by atoms with Crippen LogP contribution in [0.2, 0.25) is 0 Å². The van der Waals surface area contributed by atoms with E-state index in [4.69, 9.17) is 9.97 Å². The fourth-order valence-corrected chi connectivity index (χ4v) is 7.56. The molecule has 10 rings (SSSR count). The Morgan fingerprint density at radius 2 is 0.800 bits per heavy atom. The van der Waals surface area contributed by atoms with Gasteiger partial charge in [0.15, 0.2) is 0 Å². The molecule has 0 radical (unpaired) electrons. The van der Waals surface area contributed by atoms with Gasteiger partial charge in [-0.3, -0.25) is 19.9 Å². The SMILES string of the molecule is c1ccc(-c2ccc(-c3ccc4c(c3)-c3ccccc3B3c5ccccc5-c5cc(-c6ccc(-c7ccccn7)nc6)ccc5N34)cn2)nc1. The highest BCUT2D eigenvalue weighted by Gasteiger charge is 2.42. The largest absolute Gasteiger partial charge is 0.376 e. The lowest BCUT2D eigenvalue weighted by Crippen LogP contribution is -2.59. The van der Waals surface area contributed by atoms with Gasteiger partial charge in [0.1, 0.15) is 0 Å². The summed E-state index contributed by atoms with van der Waals surface area (Å²) in [7, 11) is 0. The molecule has 0 aliphatic carbocycles. The molecule has 232 valence electrons. The van der Waals surface area contributed by atoms with Crippen molar-refractivity contribution in [3.05, 3.63) is 170 Å². The highest BCUT2D eigenvalue weighted by Crippen LogP contribution is 2.47. The minimum absolute atomic E-state index is 0.0535. The Kier molecular flexibility index (Phi) is 6.52. The summed E-state index contributed by atoms with van der Waals surface area (Å²) in [6.45, 7) is 0.0535. The fraction of sp³-hybridized carbons (Fsp3) is 0. The van der Waals surface area contributed by atoms with Crippen molar-refractivity contribution in [2.45, 2.75) is 0 Å². The van der Waals surface area contributed by atoms with Crippen LogP contribution in [0.3, 0.4) is 0 Å². The molecule has 6 heteroatoms. The molecule has 0 amide bonds. The van der Waals surface area contributed by atoms with Crippen LogP contribution in [0.1, 0.15) is 0 Å². The zero-order valence-corrected chi connectivity index (χ0v) is 27.0. The van der Waals surface area contributed by atoms with Gasteiger partial charge in [-0.2, -0.15) is 0 Å². The quantitative estimate of drug-likeness (QED) is 0.181. The summed E-state index contributed by atoms with van der Waals surface area (Å²) in [6, 6.07) is 51.6. The van der Waals surface area contributed by atoms with E-state index in [1.165, 1.54) is 44.6 Å². The first kappa shape index (κ1) is 28.4. The summed E-state index contributed by atoms with van der Waals surface area (Å²) in [6.07, 6.45) is 7.51. The van der Waals surface area contributed by atoms with Gasteiger partial charge in [-0.15, -0.1) is 0 Å². The smallest absolute Gasteiger partial charge is 0.329 e. The van der Waals surface area contributed by atoms with Gasteiger partial charge < -0.3 is 4.81 Å². The van der Waals surface area contributed by atoms with E-state index in [1.54, 1.807) is 12.4 Å². The lowest BCUT2D eigenvalue weighted by molar-refractivity contribution is 1.25. The molecule has 4 aromatic heterocycles. The van der Waals surface area contributed by atoms with E-state index in [1.807, 2.05) is 48.8 Å². The average molecular weight is 638 g/mol. The molecular formula is C44H28BN5. The number of hydrogen-bond donors (Lipinski definition) is 0. The van der Waals surface area contributed by atoms with E-state index in [2.05, 4.69) is 124 Å². The lowest BCUT2D eigenvalue weighted by atomic mass is 9.43. The lowest BCUT2D eigenvalue weighted by Gasteiger charge is -2.43. The van der Waals surface area contributed by atoms with Crippen molar-refractivity contribution in [2.24, 2.45) is 0 Å². The van der Waals surface area contributed by atoms with Gasteiger partial charge in [-0.05, 0) is 93.8 Å². The molecule has 0 N–H and O–H groups in total. The first-order chi connectivity index (χ1) is 24.8. The van der Waals surface area contributed by atoms with Gasteiger partial charge >= 0.3 is 6.85 Å². The molecule has 0 unspecified atom stereocenters. The van der Waals surface area contributed by atoms with Gasteiger partial charge in [0, 0.05) is 58.4 Å². The maximum absolute atomic E-state index is 4.77. The summed E-state index contributed by atoms with van der Waals surface area (Å²) in [4.78, 5) is 21.0. The summed E-state index contributed by atoms with van der Waals surface area (Å²) in [5.41, 5.74) is 17.8. The highest BCUT2D eigenvalue weighted by molar-refractivity contribution is 6.92. The van der Waals surface area contributed by atoms with Crippen LogP contribution in [0.25, 0.3) is 67.3 Å². The van der Waals surface area contributed by atoms with Gasteiger partial charge in [0.25, 0.3) is 0 Å². The monoisotopic (exact) mass is 637 g/mol. The molecule has 2 aliphatic rings. The Labute approximate surface area is 290 Å². The predicted octanol–water partition coefficient (Wildman–Crippen LogP) is 8.84. The van der Waals surface area contributed by atoms with Gasteiger partial charge in [-0.25, -0.2) is 0 Å². The molecule has 8 aromatic rings. The van der Waals surface area contributed by atoms with E-state index < -0.39 is 0 Å². The number of hydrogen-bond acceptors (Lipinski definition) is 5. The predicted molar refractivity (Wildman–Crippen MR) is 204 cm³/mol. The highest BCUT2D eigenvalue weighted by atomic mass is 15.1. The molecule has 0 bridgehead atoms. The molecule has 50 heavy (non-hydrogen) atoms. The number of fused-ring (bicyclic) bond motifs is 11. The molecule has 0 saturated carbocycles. The van der Waals surface area contributed by atoms with E-state index in [0.717, 1.165) is 45.0 Å². The topological polar surface area (TPSA) is 54.8 Å². The summed E-state index contributed by atoms with van der Waals surface area (Å²) in [5, 5.41) is 0. The Balaban J connectivity index is 1.09. The van der Waals surface area contributed by atoms with E-state index in [9.17, 15) is 0 Å². The van der Waals surface area contributed by atoms with E-state index in [0.29, 0.717) is 0 Å². The van der Waals surface area contributed by atoms with Crippen LogP contribution in [0, 0.1) is 0 Å². The Morgan fingerprint density at radius 1 is 0.360 bits per heavy atom. The molecule has 4 aromatic carbocycles. The number of aromatic nitrogens is 4. The number of pyridine rings is 4. The summed E-state index contributed by atoms with van der Waals surface area (Å²) in [5.74, 6) is 0. The van der Waals surface area contributed by atoms with Crippen molar-refractivity contribution in [1.29, 1.82) is 0 Å². The van der Waals surface area contributed by atoms with Gasteiger partial charge in [0.2, 0.25) is 0 Å². The fourth-order valence-electron chi connectivity index (χ4n) is 7.56. The van der Waals surface area contributed by atoms with Crippen LogP contribution in [0.15, 0.2) is 170 Å². The van der Waals surface area contributed by atoms with Crippen LogP contribution in [0.5, 0.6) is 0 Å². The second-order valence-corrected chi connectivity index (χ2v) is 12.7. The third-order valence-corrected chi connectivity index (χ3v) is 9.91. The second kappa shape index (κ2) is 11.5.